The quantitative estimate of drug-likeness (QED) is 0.466. The summed E-state index contributed by atoms with van der Waals surface area (Å²) in [6, 6.07) is 13.6. The van der Waals surface area contributed by atoms with Crippen LogP contribution in [0.1, 0.15) is 40.9 Å². The highest BCUT2D eigenvalue weighted by Gasteiger charge is 2.26. The number of aromatic amines is 1. The largest absolute Gasteiger partial charge is 0.361 e. The van der Waals surface area contributed by atoms with Crippen LogP contribution < -0.4 is 5.56 Å². The number of likely N-dealkylation sites (tertiary alicyclic amines) is 1. The highest BCUT2D eigenvalue weighted by molar-refractivity contribution is 5.98. The molecule has 0 saturated carbocycles. The van der Waals surface area contributed by atoms with Gasteiger partial charge < -0.3 is 19.4 Å². The van der Waals surface area contributed by atoms with Crippen LogP contribution in [0.5, 0.6) is 0 Å². The molecule has 7 heteroatoms. The second kappa shape index (κ2) is 9.74. The van der Waals surface area contributed by atoms with Crippen molar-refractivity contribution in [2.75, 3.05) is 26.2 Å². The van der Waals surface area contributed by atoms with E-state index in [9.17, 15) is 9.59 Å². The molecule has 4 aromatic rings. The molecule has 2 aliphatic heterocycles. The Balaban J connectivity index is 1.33. The van der Waals surface area contributed by atoms with Gasteiger partial charge in [-0.3, -0.25) is 14.6 Å². The number of rotatable bonds is 5. The molecule has 1 saturated heterocycles. The lowest BCUT2D eigenvalue weighted by Gasteiger charge is -2.32. The maximum Gasteiger partial charge on any atom is 0.258 e. The van der Waals surface area contributed by atoms with Gasteiger partial charge in [0.1, 0.15) is 0 Å². The molecule has 0 radical (unpaired) electrons. The minimum atomic E-state index is 0.0280. The smallest absolute Gasteiger partial charge is 0.258 e. The number of carbonyl (C=O) groups excluding carboxylic acids is 1. The minimum Gasteiger partial charge on any atom is -0.361 e. The molecular weight excluding hydrogens is 450 g/mol. The summed E-state index contributed by atoms with van der Waals surface area (Å²) >= 11 is 0. The first-order valence-electron chi connectivity index (χ1n) is 12.9. The molecule has 1 fully saturated rings. The first kappa shape index (κ1) is 22.7. The third kappa shape index (κ3) is 4.35. The van der Waals surface area contributed by atoms with Gasteiger partial charge >= 0.3 is 0 Å². The van der Waals surface area contributed by atoms with Crippen LogP contribution in [0.3, 0.4) is 0 Å². The number of fused-ring (bicyclic) bond motifs is 2. The van der Waals surface area contributed by atoms with E-state index >= 15 is 0 Å². The molecule has 2 aliphatic rings. The maximum absolute atomic E-state index is 13.7. The van der Waals surface area contributed by atoms with Crippen molar-refractivity contribution in [2.24, 2.45) is 0 Å². The van der Waals surface area contributed by atoms with Crippen molar-refractivity contribution in [3.8, 4) is 11.1 Å². The molecule has 3 aromatic heterocycles. The Kier molecular flexibility index (Phi) is 6.15. The molecule has 0 aliphatic carbocycles. The second-order valence-corrected chi connectivity index (χ2v) is 9.88. The van der Waals surface area contributed by atoms with Gasteiger partial charge in [0.25, 0.3) is 11.5 Å². The van der Waals surface area contributed by atoms with E-state index in [0.29, 0.717) is 37.2 Å². The van der Waals surface area contributed by atoms with Crippen molar-refractivity contribution in [1.29, 1.82) is 0 Å². The molecule has 7 nitrogen and oxygen atoms in total. The first-order chi connectivity index (χ1) is 17.7. The van der Waals surface area contributed by atoms with E-state index in [1.165, 1.54) is 19.3 Å². The zero-order chi connectivity index (χ0) is 24.5. The number of benzene rings is 1. The van der Waals surface area contributed by atoms with E-state index in [4.69, 9.17) is 0 Å². The highest BCUT2D eigenvalue weighted by Crippen LogP contribution is 2.25. The van der Waals surface area contributed by atoms with Gasteiger partial charge in [0.15, 0.2) is 0 Å². The predicted octanol–water partition coefficient (Wildman–Crippen LogP) is 4.08. The maximum atomic E-state index is 13.7. The van der Waals surface area contributed by atoms with Crippen LogP contribution in [0.15, 0.2) is 65.8 Å². The molecule has 5 heterocycles. The average Bonchev–Trinajstić information content (AvgIpc) is 3.41. The van der Waals surface area contributed by atoms with Crippen molar-refractivity contribution in [3.63, 3.8) is 0 Å². The lowest BCUT2D eigenvalue weighted by Crippen LogP contribution is -2.41. The Morgan fingerprint density at radius 3 is 2.61 bits per heavy atom. The molecule has 6 rings (SSSR count). The summed E-state index contributed by atoms with van der Waals surface area (Å²) in [7, 11) is 0. The number of carbonyl (C=O) groups is 1. The standard InChI is InChI=1S/C29H31N5O2/c35-28(23-4-5-26-22(18-23)8-12-31-26)33-15-9-27-24(20-33)19-25(21-6-10-30-11-7-21)29(36)34(27)17-16-32-13-2-1-3-14-32/h4-8,10-12,18-19,31H,1-3,9,13-17,20H2. The van der Waals surface area contributed by atoms with E-state index in [2.05, 4.69) is 14.9 Å². The van der Waals surface area contributed by atoms with Crippen LogP contribution in [0, 0.1) is 0 Å². The predicted molar refractivity (Wildman–Crippen MR) is 141 cm³/mol. The summed E-state index contributed by atoms with van der Waals surface area (Å²) in [5.41, 5.74) is 5.44. The molecule has 0 unspecified atom stereocenters. The summed E-state index contributed by atoms with van der Waals surface area (Å²) in [5, 5.41) is 1.03. The topological polar surface area (TPSA) is 74.2 Å². The lowest BCUT2D eigenvalue weighted by atomic mass is 9.98. The molecule has 0 spiro atoms. The fourth-order valence-corrected chi connectivity index (χ4v) is 5.66. The summed E-state index contributed by atoms with van der Waals surface area (Å²) in [6.07, 6.45) is 9.77. The monoisotopic (exact) mass is 481 g/mol. The van der Waals surface area contributed by atoms with Gasteiger partial charge in [0, 0.05) is 78.9 Å². The van der Waals surface area contributed by atoms with Gasteiger partial charge in [-0.25, -0.2) is 0 Å². The minimum absolute atomic E-state index is 0.0280. The van der Waals surface area contributed by atoms with Gasteiger partial charge in [-0.1, -0.05) is 6.42 Å². The van der Waals surface area contributed by atoms with Crippen molar-refractivity contribution in [2.45, 2.75) is 38.8 Å². The zero-order valence-electron chi connectivity index (χ0n) is 20.4. The third-order valence-electron chi connectivity index (χ3n) is 7.64. The van der Waals surface area contributed by atoms with Crippen LogP contribution in [0.4, 0.5) is 0 Å². The molecule has 0 atom stereocenters. The van der Waals surface area contributed by atoms with Crippen molar-refractivity contribution >= 4 is 16.8 Å². The third-order valence-corrected chi connectivity index (χ3v) is 7.64. The summed E-state index contributed by atoms with van der Waals surface area (Å²) < 4.78 is 1.98. The Morgan fingerprint density at radius 1 is 0.944 bits per heavy atom. The Bertz CT molecular complexity index is 1450. The molecule has 184 valence electrons. The molecular formula is C29H31N5O2. The summed E-state index contributed by atoms with van der Waals surface area (Å²) in [4.78, 5) is 38.8. The highest BCUT2D eigenvalue weighted by atomic mass is 16.2. The number of piperidine rings is 1. The number of amides is 1. The fraction of sp³-hybridized carbons (Fsp3) is 0.345. The van der Waals surface area contributed by atoms with Crippen LogP contribution in [-0.4, -0.2) is 56.4 Å². The van der Waals surface area contributed by atoms with Gasteiger partial charge in [-0.15, -0.1) is 0 Å². The number of nitrogens with zero attached hydrogens (tertiary/aromatic N) is 4. The van der Waals surface area contributed by atoms with Crippen molar-refractivity contribution < 1.29 is 4.79 Å². The number of aromatic nitrogens is 3. The van der Waals surface area contributed by atoms with Crippen LogP contribution in [-0.2, 0) is 19.5 Å². The molecule has 36 heavy (non-hydrogen) atoms. The number of hydrogen-bond donors (Lipinski definition) is 1. The van der Waals surface area contributed by atoms with Crippen LogP contribution in [0.2, 0.25) is 0 Å². The Hall–Kier alpha value is -3.71. The second-order valence-electron chi connectivity index (χ2n) is 9.88. The number of nitrogens with one attached hydrogen (secondary N) is 1. The fourth-order valence-electron chi connectivity index (χ4n) is 5.66. The first-order valence-corrected chi connectivity index (χ1v) is 12.9. The number of H-pyrrole nitrogens is 1. The van der Waals surface area contributed by atoms with Crippen LogP contribution >= 0.6 is 0 Å². The van der Waals surface area contributed by atoms with Crippen molar-refractivity contribution in [3.05, 3.63) is 88.2 Å². The number of hydrogen-bond acceptors (Lipinski definition) is 4. The van der Waals surface area contributed by atoms with E-state index in [-0.39, 0.29) is 11.5 Å². The molecule has 0 bridgehead atoms. The molecule has 1 N–H and O–H groups in total. The van der Waals surface area contributed by atoms with Gasteiger partial charge in [0.2, 0.25) is 0 Å². The van der Waals surface area contributed by atoms with E-state index in [1.54, 1.807) is 12.4 Å². The SMILES string of the molecule is O=C(c1ccc2[nH]ccc2c1)N1CCc2c(cc(-c3ccncc3)c(=O)n2CCN2CCCCC2)C1. The summed E-state index contributed by atoms with van der Waals surface area (Å²) in [6.45, 7) is 4.88. The molecule has 1 aromatic carbocycles. The van der Waals surface area contributed by atoms with Crippen LogP contribution in [0.25, 0.3) is 22.0 Å². The van der Waals surface area contributed by atoms with Gasteiger partial charge in [0.05, 0.1) is 0 Å². The normalized spacial score (nSPS) is 16.3. The average molecular weight is 482 g/mol. The number of pyridine rings is 2. The van der Waals surface area contributed by atoms with Gasteiger partial charge in [-0.05, 0) is 79.5 Å². The van der Waals surface area contributed by atoms with Crippen molar-refractivity contribution in [1.82, 2.24) is 24.3 Å². The van der Waals surface area contributed by atoms with E-state index < -0.39 is 0 Å². The Morgan fingerprint density at radius 2 is 1.78 bits per heavy atom. The lowest BCUT2D eigenvalue weighted by molar-refractivity contribution is 0.0732. The van der Waals surface area contributed by atoms with Gasteiger partial charge in [-0.2, -0.15) is 0 Å². The van der Waals surface area contributed by atoms with E-state index in [1.807, 2.05) is 58.1 Å². The summed E-state index contributed by atoms with van der Waals surface area (Å²) in [5.74, 6) is 0.0280. The zero-order valence-corrected chi connectivity index (χ0v) is 20.4. The van der Waals surface area contributed by atoms with E-state index in [0.717, 1.165) is 47.4 Å². The Labute approximate surface area is 210 Å². The molecule has 1 amide bonds.